The predicted octanol–water partition coefficient (Wildman–Crippen LogP) is 1.10. The molecule has 116 valence electrons. The zero-order chi connectivity index (χ0) is 16.0. The lowest BCUT2D eigenvalue weighted by Gasteiger charge is -2.29. The minimum atomic E-state index is -0.596. The average molecular weight is 311 g/mol. The van der Waals surface area contributed by atoms with Crippen LogP contribution in [0.25, 0.3) is 11.3 Å². The van der Waals surface area contributed by atoms with Gasteiger partial charge in [-0.05, 0) is 24.1 Å². The third-order valence-corrected chi connectivity index (χ3v) is 4.25. The van der Waals surface area contributed by atoms with E-state index < -0.39 is 11.9 Å². The Labute approximate surface area is 131 Å². The molecule has 0 spiro atoms. The quantitative estimate of drug-likeness (QED) is 0.839. The Morgan fingerprint density at radius 1 is 1.22 bits per heavy atom. The monoisotopic (exact) mass is 311 g/mol. The Bertz CT molecular complexity index is 813. The number of nitrogens with one attached hydrogen (secondary N) is 1. The van der Waals surface area contributed by atoms with Gasteiger partial charge in [0.15, 0.2) is 5.76 Å². The molecule has 1 unspecified atom stereocenters. The van der Waals surface area contributed by atoms with Crippen LogP contribution in [-0.4, -0.2) is 33.8 Å². The van der Waals surface area contributed by atoms with E-state index in [-0.39, 0.29) is 18.2 Å². The number of hydrogen-bond acceptors (Lipinski definition) is 5. The summed E-state index contributed by atoms with van der Waals surface area (Å²) < 4.78 is 5.13. The van der Waals surface area contributed by atoms with Crippen LogP contribution in [0.4, 0.5) is 0 Å². The highest BCUT2D eigenvalue weighted by molar-refractivity contribution is 6.05. The molecule has 2 aromatic rings. The summed E-state index contributed by atoms with van der Waals surface area (Å²) in [4.78, 5) is 37.3. The molecule has 0 radical (unpaired) electrons. The summed E-state index contributed by atoms with van der Waals surface area (Å²) in [5.41, 5.74) is 2.26. The summed E-state index contributed by atoms with van der Waals surface area (Å²) in [7, 11) is 0. The SMILES string of the molecule is O=C1CCC(N2Cc3cc(-c4ccno4)ccc3C2=O)C(=O)N1. The second kappa shape index (κ2) is 5.05. The molecule has 1 aromatic heterocycles. The Morgan fingerprint density at radius 2 is 2.09 bits per heavy atom. The van der Waals surface area contributed by atoms with Gasteiger partial charge in [-0.1, -0.05) is 11.2 Å². The van der Waals surface area contributed by atoms with Gasteiger partial charge in [-0.15, -0.1) is 0 Å². The number of imide groups is 1. The van der Waals surface area contributed by atoms with Gasteiger partial charge in [0.2, 0.25) is 11.8 Å². The third-order valence-electron chi connectivity index (χ3n) is 4.25. The summed E-state index contributed by atoms with van der Waals surface area (Å²) in [6.07, 6.45) is 2.17. The Balaban J connectivity index is 1.63. The number of benzene rings is 1. The molecule has 1 aromatic carbocycles. The molecular formula is C16H13N3O4. The number of carbonyl (C=O) groups excluding carboxylic acids is 3. The van der Waals surface area contributed by atoms with Crippen LogP contribution in [0.3, 0.4) is 0 Å². The van der Waals surface area contributed by atoms with Crippen molar-refractivity contribution >= 4 is 17.7 Å². The van der Waals surface area contributed by atoms with Crippen LogP contribution in [0.1, 0.15) is 28.8 Å². The van der Waals surface area contributed by atoms with E-state index >= 15 is 0 Å². The maximum Gasteiger partial charge on any atom is 0.255 e. The van der Waals surface area contributed by atoms with Crippen LogP contribution in [0, 0.1) is 0 Å². The smallest absolute Gasteiger partial charge is 0.255 e. The number of aromatic nitrogens is 1. The van der Waals surface area contributed by atoms with Crippen LogP contribution in [0.2, 0.25) is 0 Å². The van der Waals surface area contributed by atoms with Gasteiger partial charge in [0, 0.05) is 30.2 Å². The molecule has 1 fully saturated rings. The molecule has 7 heteroatoms. The second-order valence-electron chi connectivity index (χ2n) is 5.65. The van der Waals surface area contributed by atoms with Gasteiger partial charge < -0.3 is 9.42 Å². The summed E-state index contributed by atoms with van der Waals surface area (Å²) in [6, 6.07) is 6.56. The number of carbonyl (C=O) groups is 3. The van der Waals surface area contributed by atoms with Crippen LogP contribution < -0.4 is 5.32 Å². The molecule has 4 rings (SSSR count). The zero-order valence-electron chi connectivity index (χ0n) is 12.1. The first kappa shape index (κ1) is 13.7. The van der Waals surface area contributed by atoms with Gasteiger partial charge in [-0.3, -0.25) is 19.7 Å². The molecule has 0 bridgehead atoms. The Hall–Kier alpha value is -2.96. The lowest BCUT2D eigenvalue weighted by Crippen LogP contribution is -2.52. The van der Waals surface area contributed by atoms with Gasteiger partial charge in [-0.2, -0.15) is 0 Å². The van der Waals surface area contributed by atoms with Crippen LogP contribution in [0.15, 0.2) is 35.0 Å². The average Bonchev–Trinajstić information content (AvgIpc) is 3.16. The maximum atomic E-state index is 12.5. The Kier molecular flexibility index (Phi) is 3.00. The van der Waals surface area contributed by atoms with Crippen LogP contribution in [-0.2, 0) is 16.1 Å². The van der Waals surface area contributed by atoms with Crippen molar-refractivity contribution in [2.24, 2.45) is 0 Å². The van der Waals surface area contributed by atoms with Gasteiger partial charge in [0.25, 0.3) is 5.91 Å². The fraction of sp³-hybridized carbons (Fsp3) is 0.250. The summed E-state index contributed by atoms with van der Waals surface area (Å²) in [5, 5.41) is 5.97. The molecule has 3 amide bonds. The first-order valence-electron chi connectivity index (χ1n) is 7.32. The minimum Gasteiger partial charge on any atom is -0.356 e. The molecule has 7 nitrogen and oxygen atoms in total. The lowest BCUT2D eigenvalue weighted by molar-refractivity contribution is -0.136. The van der Waals surface area contributed by atoms with Crippen molar-refractivity contribution in [1.82, 2.24) is 15.4 Å². The topological polar surface area (TPSA) is 92.5 Å². The van der Waals surface area contributed by atoms with E-state index in [9.17, 15) is 14.4 Å². The van der Waals surface area contributed by atoms with Crippen molar-refractivity contribution in [1.29, 1.82) is 0 Å². The van der Waals surface area contributed by atoms with E-state index in [0.29, 0.717) is 24.3 Å². The van der Waals surface area contributed by atoms with Crippen LogP contribution in [0.5, 0.6) is 0 Å². The van der Waals surface area contributed by atoms with Crippen molar-refractivity contribution in [2.45, 2.75) is 25.4 Å². The molecule has 2 aliphatic heterocycles. The van der Waals surface area contributed by atoms with Crippen LogP contribution >= 0.6 is 0 Å². The standard InChI is InChI=1S/C16H13N3O4/c20-14-4-3-12(15(21)18-14)19-8-10-7-9(13-5-6-17-23-13)1-2-11(10)16(19)22/h1-2,5-7,12H,3-4,8H2,(H,18,20,21). The molecule has 0 aliphatic carbocycles. The highest BCUT2D eigenvalue weighted by Crippen LogP contribution is 2.30. The summed E-state index contributed by atoms with van der Waals surface area (Å²) in [6.45, 7) is 0.350. The van der Waals surface area contributed by atoms with Crippen molar-refractivity contribution in [2.75, 3.05) is 0 Å². The van der Waals surface area contributed by atoms with Gasteiger partial charge in [0.05, 0.1) is 6.20 Å². The molecule has 0 saturated carbocycles. The second-order valence-corrected chi connectivity index (χ2v) is 5.65. The largest absolute Gasteiger partial charge is 0.356 e. The number of rotatable bonds is 2. The van der Waals surface area contributed by atoms with E-state index in [4.69, 9.17) is 4.52 Å². The van der Waals surface area contributed by atoms with Gasteiger partial charge in [-0.25, -0.2) is 0 Å². The molecule has 1 saturated heterocycles. The molecule has 1 N–H and O–H groups in total. The van der Waals surface area contributed by atoms with E-state index in [1.807, 2.05) is 6.07 Å². The zero-order valence-corrected chi connectivity index (χ0v) is 12.1. The number of fused-ring (bicyclic) bond motifs is 1. The van der Waals surface area contributed by atoms with Crippen molar-refractivity contribution < 1.29 is 18.9 Å². The van der Waals surface area contributed by atoms with Gasteiger partial charge in [0.1, 0.15) is 6.04 Å². The predicted molar refractivity (Wildman–Crippen MR) is 78.0 cm³/mol. The molecule has 2 aliphatic rings. The van der Waals surface area contributed by atoms with E-state index in [1.54, 1.807) is 24.4 Å². The fourth-order valence-electron chi connectivity index (χ4n) is 3.09. The molecule has 1 atom stereocenters. The first-order valence-corrected chi connectivity index (χ1v) is 7.32. The molecule has 3 heterocycles. The highest BCUT2D eigenvalue weighted by atomic mass is 16.5. The number of piperidine rings is 1. The number of hydrogen-bond donors (Lipinski definition) is 1. The van der Waals surface area contributed by atoms with E-state index in [2.05, 4.69) is 10.5 Å². The maximum absolute atomic E-state index is 12.5. The minimum absolute atomic E-state index is 0.182. The lowest BCUT2D eigenvalue weighted by atomic mass is 10.0. The van der Waals surface area contributed by atoms with E-state index in [1.165, 1.54) is 4.90 Å². The number of nitrogens with zero attached hydrogens (tertiary/aromatic N) is 2. The summed E-state index contributed by atoms with van der Waals surface area (Å²) >= 11 is 0. The van der Waals surface area contributed by atoms with Gasteiger partial charge >= 0.3 is 0 Å². The van der Waals surface area contributed by atoms with Crippen molar-refractivity contribution in [3.63, 3.8) is 0 Å². The molecule has 23 heavy (non-hydrogen) atoms. The van der Waals surface area contributed by atoms with Crippen molar-refractivity contribution in [3.05, 3.63) is 41.6 Å². The normalized spacial score (nSPS) is 20.6. The van der Waals surface area contributed by atoms with Crippen molar-refractivity contribution in [3.8, 4) is 11.3 Å². The third kappa shape index (κ3) is 2.21. The Morgan fingerprint density at radius 3 is 2.83 bits per heavy atom. The highest BCUT2D eigenvalue weighted by Gasteiger charge is 2.39. The van der Waals surface area contributed by atoms with E-state index in [0.717, 1.165) is 11.1 Å². The fourth-order valence-corrected chi connectivity index (χ4v) is 3.09. The first-order chi connectivity index (χ1) is 11.1. The number of amides is 3. The summed E-state index contributed by atoms with van der Waals surface area (Å²) in [5.74, 6) is -0.251. The molecular weight excluding hydrogens is 298 g/mol.